The van der Waals surface area contributed by atoms with Crippen molar-refractivity contribution < 1.29 is 8.78 Å². The second-order valence-corrected chi connectivity index (χ2v) is 3.37. The molecule has 0 nitrogen and oxygen atoms in total. The Labute approximate surface area is 70.2 Å². The number of hydrogen-bond donors (Lipinski definition) is 0. The summed E-state index contributed by atoms with van der Waals surface area (Å²) in [5.41, 5.74) is 1.57. The predicted octanol–water partition coefficient (Wildman–Crippen LogP) is 3.01. The summed E-state index contributed by atoms with van der Waals surface area (Å²) in [6.07, 6.45) is 1.82. The molecule has 1 aliphatic carbocycles. The lowest BCUT2D eigenvalue weighted by Crippen LogP contribution is -1.95. The molecule has 0 bridgehead atoms. The number of fused-ring (bicyclic) bond motifs is 1. The maximum atomic E-state index is 13.2. The van der Waals surface area contributed by atoms with Gasteiger partial charge in [-0.05, 0) is 36.0 Å². The van der Waals surface area contributed by atoms with Gasteiger partial charge in [0, 0.05) is 0 Å². The van der Waals surface area contributed by atoms with Gasteiger partial charge in [-0.2, -0.15) is 0 Å². The number of benzene rings is 1. The van der Waals surface area contributed by atoms with Crippen LogP contribution >= 0.6 is 0 Å². The van der Waals surface area contributed by atoms with Crippen LogP contribution in [0.1, 0.15) is 30.4 Å². The number of aryl methyl sites for hydroxylation is 1. The van der Waals surface area contributed by atoms with Gasteiger partial charge < -0.3 is 0 Å². The second kappa shape index (κ2) is 2.54. The smallest absolute Gasteiger partial charge is 0.162 e. The van der Waals surface area contributed by atoms with Crippen LogP contribution in [0.4, 0.5) is 8.78 Å². The van der Waals surface area contributed by atoms with Crippen LogP contribution in [0.3, 0.4) is 0 Å². The van der Waals surface area contributed by atoms with E-state index in [9.17, 15) is 8.78 Å². The summed E-state index contributed by atoms with van der Waals surface area (Å²) in [4.78, 5) is 0. The van der Waals surface area contributed by atoms with Crippen molar-refractivity contribution in [2.75, 3.05) is 0 Å². The van der Waals surface area contributed by atoms with Crippen LogP contribution in [-0.4, -0.2) is 0 Å². The minimum absolute atomic E-state index is 0.177. The maximum Gasteiger partial charge on any atom is 0.162 e. The van der Waals surface area contributed by atoms with E-state index in [2.05, 4.69) is 0 Å². The van der Waals surface area contributed by atoms with Crippen molar-refractivity contribution in [3.05, 3.63) is 34.9 Å². The summed E-state index contributed by atoms with van der Waals surface area (Å²) < 4.78 is 26.0. The molecule has 0 radical (unpaired) electrons. The zero-order valence-electron chi connectivity index (χ0n) is 6.90. The summed E-state index contributed by atoms with van der Waals surface area (Å²) in [7, 11) is 0. The molecule has 12 heavy (non-hydrogen) atoms. The van der Waals surface area contributed by atoms with Crippen molar-refractivity contribution in [3.8, 4) is 0 Å². The minimum atomic E-state index is -0.720. The van der Waals surface area contributed by atoms with Gasteiger partial charge in [-0.15, -0.1) is 0 Å². The molecule has 1 unspecified atom stereocenters. The van der Waals surface area contributed by atoms with Crippen LogP contribution in [0.5, 0.6) is 0 Å². The average molecular weight is 168 g/mol. The third-order valence-electron chi connectivity index (χ3n) is 2.56. The molecular weight excluding hydrogens is 158 g/mol. The van der Waals surface area contributed by atoms with Gasteiger partial charge in [-0.25, -0.2) is 8.78 Å². The monoisotopic (exact) mass is 168 g/mol. The first-order valence-electron chi connectivity index (χ1n) is 4.17. The molecule has 0 amide bonds. The summed E-state index contributed by atoms with van der Waals surface area (Å²) in [6.45, 7) is 1.94. The molecule has 0 fully saturated rings. The van der Waals surface area contributed by atoms with Crippen molar-refractivity contribution in [1.29, 1.82) is 0 Å². The Kier molecular flexibility index (Phi) is 1.63. The molecule has 0 spiro atoms. The first-order chi connectivity index (χ1) is 5.70. The number of halogens is 2. The molecule has 0 N–H and O–H groups in total. The van der Waals surface area contributed by atoms with E-state index in [1.807, 2.05) is 6.92 Å². The van der Waals surface area contributed by atoms with Gasteiger partial charge in [0.15, 0.2) is 11.6 Å². The van der Waals surface area contributed by atoms with Gasteiger partial charge in [0.1, 0.15) is 0 Å². The second-order valence-electron chi connectivity index (χ2n) is 3.37. The van der Waals surface area contributed by atoms with E-state index in [1.54, 1.807) is 6.07 Å². The van der Waals surface area contributed by atoms with Gasteiger partial charge in [-0.1, -0.05) is 13.0 Å². The summed E-state index contributed by atoms with van der Waals surface area (Å²) in [5.74, 6) is -1.18. The first-order valence-corrected chi connectivity index (χ1v) is 4.17. The lowest BCUT2D eigenvalue weighted by Gasteiger charge is -2.05. The van der Waals surface area contributed by atoms with E-state index in [-0.39, 0.29) is 5.92 Å². The van der Waals surface area contributed by atoms with Gasteiger partial charge in [0.2, 0.25) is 0 Å². The number of hydrogen-bond acceptors (Lipinski definition) is 0. The topological polar surface area (TPSA) is 0 Å². The van der Waals surface area contributed by atoms with E-state index in [1.165, 1.54) is 6.07 Å². The van der Waals surface area contributed by atoms with Crippen LogP contribution in [-0.2, 0) is 6.42 Å². The largest absolute Gasteiger partial charge is 0.204 e. The van der Waals surface area contributed by atoms with Gasteiger partial charge >= 0.3 is 0 Å². The standard InChI is InChI=1S/C10H10F2/c1-6-2-3-7-4-5-8(11)10(12)9(6)7/h4-6H,2-3H2,1H3. The van der Waals surface area contributed by atoms with Crippen molar-refractivity contribution in [2.24, 2.45) is 0 Å². The van der Waals surface area contributed by atoms with E-state index in [0.717, 1.165) is 18.4 Å². The highest BCUT2D eigenvalue weighted by Gasteiger charge is 2.23. The Morgan fingerprint density at radius 3 is 2.83 bits per heavy atom. The lowest BCUT2D eigenvalue weighted by molar-refractivity contribution is 0.494. The zero-order chi connectivity index (χ0) is 8.72. The minimum Gasteiger partial charge on any atom is -0.204 e. The van der Waals surface area contributed by atoms with Crippen LogP contribution in [0.2, 0.25) is 0 Å². The third kappa shape index (κ3) is 0.942. The normalized spacial score (nSPS) is 21.1. The molecule has 0 saturated heterocycles. The van der Waals surface area contributed by atoms with E-state index in [0.29, 0.717) is 5.56 Å². The van der Waals surface area contributed by atoms with Crippen molar-refractivity contribution in [3.63, 3.8) is 0 Å². The third-order valence-corrected chi connectivity index (χ3v) is 2.56. The fourth-order valence-electron chi connectivity index (χ4n) is 1.87. The maximum absolute atomic E-state index is 13.2. The van der Waals surface area contributed by atoms with Gasteiger partial charge in [0.05, 0.1) is 0 Å². The SMILES string of the molecule is CC1CCc2ccc(F)c(F)c21. The Balaban J connectivity index is 2.63. The van der Waals surface area contributed by atoms with Gasteiger partial charge in [0.25, 0.3) is 0 Å². The van der Waals surface area contributed by atoms with Crippen LogP contribution in [0, 0.1) is 11.6 Å². The molecule has 2 heteroatoms. The van der Waals surface area contributed by atoms with Crippen LogP contribution < -0.4 is 0 Å². The molecule has 1 atom stereocenters. The molecular formula is C10H10F2. The molecule has 1 aromatic rings. The average Bonchev–Trinajstić information content (AvgIpc) is 2.41. The molecule has 64 valence electrons. The molecule has 0 aliphatic heterocycles. The lowest BCUT2D eigenvalue weighted by atomic mass is 10.0. The molecule has 2 rings (SSSR count). The van der Waals surface area contributed by atoms with E-state index in [4.69, 9.17) is 0 Å². The van der Waals surface area contributed by atoms with E-state index < -0.39 is 11.6 Å². The highest BCUT2D eigenvalue weighted by Crippen LogP contribution is 2.35. The highest BCUT2D eigenvalue weighted by molar-refractivity contribution is 5.36. The molecule has 1 aromatic carbocycles. The Morgan fingerprint density at radius 1 is 1.33 bits per heavy atom. The summed E-state index contributed by atoms with van der Waals surface area (Å²) >= 11 is 0. The Bertz CT molecular complexity index is 318. The molecule has 0 saturated carbocycles. The number of rotatable bonds is 0. The first kappa shape index (κ1) is 7.71. The highest BCUT2D eigenvalue weighted by atomic mass is 19.2. The Morgan fingerprint density at radius 2 is 2.08 bits per heavy atom. The van der Waals surface area contributed by atoms with Crippen molar-refractivity contribution >= 4 is 0 Å². The van der Waals surface area contributed by atoms with Crippen LogP contribution in [0.15, 0.2) is 12.1 Å². The van der Waals surface area contributed by atoms with E-state index >= 15 is 0 Å². The summed E-state index contributed by atoms with van der Waals surface area (Å²) in [6, 6.07) is 2.91. The predicted molar refractivity (Wildman–Crippen MR) is 43.1 cm³/mol. The fraction of sp³-hybridized carbons (Fsp3) is 0.400. The fourth-order valence-corrected chi connectivity index (χ4v) is 1.87. The van der Waals surface area contributed by atoms with Crippen LogP contribution in [0.25, 0.3) is 0 Å². The quantitative estimate of drug-likeness (QED) is 0.558. The Hall–Kier alpha value is -0.920. The van der Waals surface area contributed by atoms with Crippen molar-refractivity contribution in [1.82, 2.24) is 0 Å². The van der Waals surface area contributed by atoms with Gasteiger partial charge in [-0.3, -0.25) is 0 Å². The molecule has 1 aliphatic rings. The summed E-state index contributed by atoms with van der Waals surface area (Å²) in [5, 5.41) is 0. The zero-order valence-corrected chi connectivity index (χ0v) is 6.90. The van der Waals surface area contributed by atoms with Crippen molar-refractivity contribution in [2.45, 2.75) is 25.7 Å². The molecule has 0 heterocycles. The molecule has 0 aromatic heterocycles.